The predicted molar refractivity (Wildman–Crippen MR) is 97.6 cm³/mol. The van der Waals surface area contributed by atoms with E-state index in [2.05, 4.69) is 15.1 Å². The Kier molecular flexibility index (Phi) is 6.75. The lowest BCUT2D eigenvalue weighted by Crippen LogP contribution is -2.25. The molecule has 0 aliphatic rings. The highest BCUT2D eigenvalue weighted by Gasteiger charge is 2.30. The number of primary amides is 1. The van der Waals surface area contributed by atoms with Gasteiger partial charge in [-0.3, -0.25) is 4.79 Å². The van der Waals surface area contributed by atoms with Crippen LogP contribution in [-0.2, 0) is 27.3 Å². The van der Waals surface area contributed by atoms with Crippen molar-refractivity contribution in [3.8, 4) is 0 Å². The van der Waals surface area contributed by atoms with Crippen LogP contribution in [0.2, 0.25) is 0 Å². The molecule has 0 heterocycles. The van der Waals surface area contributed by atoms with Crippen LogP contribution in [0.25, 0.3) is 0 Å². The fourth-order valence-corrected chi connectivity index (χ4v) is 2.37. The smallest absolute Gasteiger partial charge is 0.398 e. The number of carbonyl (C=O) groups excluding carboxylic acids is 1. The van der Waals surface area contributed by atoms with Crippen molar-refractivity contribution in [1.29, 1.82) is 0 Å². The molecular formula is C19H18F3N3O3. The standard InChI is InChI=1S/C19H18F3N3O3/c1-12(13-7-5-8-15(10-13)19(20,21)22)24-28-11-14-6-3-4-9-16(14)17(18(23)26)25-27-2/h3-10H,11H2,1-2H3,(H2,23,26)/b24-12-,25-17+. The Morgan fingerprint density at radius 3 is 2.46 bits per heavy atom. The van der Waals surface area contributed by atoms with Gasteiger partial charge in [0.15, 0.2) is 5.71 Å². The lowest BCUT2D eigenvalue weighted by Gasteiger charge is -2.10. The molecular weight excluding hydrogens is 375 g/mol. The van der Waals surface area contributed by atoms with Gasteiger partial charge in [-0.2, -0.15) is 13.2 Å². The second kappa shape index (κ2) is 9.03. The molecule has 0 spiro atoms. The van der Waals surface area contributed by atoms with E-state index in [4.69, 9.17) is 10.6 Å². The van der Waals surface area contributed by atoms with Gasteiger partial charge in [0, 0.05) is 11.1 Å². The van der Waals surface area contributed by atoms with Gasteiger partial charge in [0.05, 0.1) is 11.3 Å². The third kappa shape index (κ3) is 5.32. The van der Waals surface area contributed by atoms with E-state index in [1.54, 1.807) is 24.3 Å². The fourth-order valence-electron chi connectivity index (χ4n) is 2.37. The highest BCUT2D eigenvalue weighted by Crippen LogP contribution is 2.29. The largest absolute Gasteiger partial charge is 0.416 e. The van der Waals surface area contributed by atoms with Crippen molar-refractivity contribution in [2.24, 2.45) is 16.0 Å². The maximum atomic E-state index is 12.8. The van der Waals surface area contributed by atoms with Crippen LogP contribution < -0.4 is 5.73 Å². The third-order valence-corrected chi connectivity index (χ3v) is 3.72. The Labute approximate surface area is 159 Å². The number of hydrogen-bond donors (Lipinski definition) is 1. The van der Waals surface area contributed by atoms with Gasteiger partial charge in [0.2, 0.25) is 0 Å². The molecule has 0 aliphatic carbocycles. The number of amides is 1. The molecule has 28 heavy (non-hydrogen) atoms. The molecule has 1 amide bonds. The minimum Gasteiger partial charge on any atom is -0.398 e. The van der Waals surface area contributed by atoms with Gasteiger partial charge in [-0.25, -0.2) is 0 Å². The van der Waals surface area contributed by atoms with Crippen molar-refractivity contribution in [3.05, 3.63) is 70.8 Å². The molecule has 2 rings (SSSR count). The first-order chi connectivity index (χ1) is 13.2. The van der Waals surface area contributed by atoms with Crippen LogP contribution in [-0.4, -0.2) is 24.4 Å². The van der Waals surface area contributed by atoms with Crippen molar-refractivity contribution >= 4 is 17.3 Å². The van der Waals surface area contributed by atoms with Crippen LogP contribution in [0.4, 0.5) is 13.2 Å². The van der Waals surface area contributed by atoms with E-state index in [9.17, 15) is 18.0 Å². The normalized spacial score (nSPS) is 12.6. The Morgan fingerprint density at radius 2 is 1.82 bits per heavy atom. The van der Waals surface area contributed by atoms with E-state index in [0.29, 0.717) is 11.1 Å². The van der Waals surface area contributed by atoms with E-state index in [0.717, 1.165) is 12.1 Å². The highest BCUT2D eigenvalue weighted by atomic mass is 19.4. The van der Waals surface area contributed by atoms with Crippen LogP contribution in [0.5, 0.6) is 0 Å². The summed E-state index contributed by atoms with van der Waals surface area (Å²) in [4.78, 5) is 21.5. The van der Waals surface area contributed by atoms with E-state index >= 15 is 0 Å². The first-order valence-corrected chi connectivity index (χ1v) is 8.07. The molecule has 0 fully saturated rings. The van der Waals surface area contributed by atoms with Crippen molar-refractivity contribution < 1.29 is 27.6 Å². The fraction of sp³-hybridized carbons (Fsp3) is 0.211. The summed E-state index contributed by atoms with van der Waals surface area (Å²) < 4.78 is 38.5. The van der Waals surface area contributed by atoms with Gasteiger partial charge >= 0.3 is 6.18 Å². The topological polar surface area (TPSA) is 86.3 Å². The number of alkyl halides is 3. The molecule has 0 unspecified atom stereocenters. The zero-order valence-corrected chi connectivity index (χ0v) is 15.2. The predicted octanol–water partition coefficient (Wildman–Crippen LogP) is 3.48. The minimum atomic E-state index is -4.44. The molecule has 0 aliphatic heterocycles. The van der Waals surface area contributed by atoms with Crippen LogP contribution >= 0.6 is 0 Å². The number of oxime groups is 2. The summed E-state index contributed by atoms with van der Waals surface area (Å²) in [5, 5.41) is 7.49. The molecule has 0 aromatic heterocycles. The number of carbonyl (C=O) groups is 1. The zero-order valence-electron chi connectivity index (χ0n) is 15.2. The van der Waals surface area contributed by atoms with Gasteiger partial charge < -0.3 is 15.4 Å². The number of halogens is 3. The van der Waals surface area contributed by atoms with Crippen molar-refractivity contribution in [2.45, 2.75) is 19.7 Å². The number of nitrogens with zero attached hydrogens (tertiary/aromatic N) is 2. The molecule has 0 saturated carbocycles. The summed E-state index contributed by atoms with van der Waals surface area (Å²) in [7, 11) is 1.28. The number of benzene rings is 2. The summed E-state index contributed by atoms with van der Waals surface area (Å²) in [5.74, 6) is -0.780. The first-order valence-electron chi connectivity index (χ1n) is 8.07. The molecule has 2 aromatic rings. The minimum absolute atomic E-state index is 0.0531. The second-order valence-corrected chi connectivity index (χ2v) is 5.67. The van der Waals surface area contributed by atoms with Crippen LogP contribution in [0, 0.1) is 0 Å². The third-order valence-electron chi connectivity index (χ3n) is 3.72. The number of nitrogens with two attached hydrogens (primary N) is 1. The summed E-state index contributed by atoms with van der Waals surface area (Å²) in [6.45, 7) is 1.48. The van der Waals surface area contributed by atoms with Crippen LogP contribution in [0.15, 0.2) is 58.8 Å². The number of hydrogen-bond acceptors (Lipinski definition) is 5. The molecule has 2 aromatic carbocycles. The highest BCUT2D eigenvalue weighted by molar-refractivity contribution is 6.45. The van der Waals surface area contributed by atoms with Crippen LogP contribution in [0.1, 0.15) is 29.2 Å². The summed E-state index contributed by atoms with van der Waals surface area (Å²) in [6, 6.07) is 11.5. The first kappa shape index (κ1) is 20.9. The monoisotopic (exact) mass is 393 g/mol. The second-order valence-electron chi connectivity index (χ2n) is 5.67. The molecule has 6 nitrogen and oxygen atoms in total. The van der Waals surface area contributed by atoms with Gasteiger partial charge in [-0.05, 0) is 24.6 Å². The molecule has 0 atom stereocenters. The van der Waals surface area contributed by atoms with Crippen molar-refractivity contribution in [1.82, 2.24) is 0 Å². The molecule has 0 radical (unpaired) electrons. The quantitative estimate of drug-likeness (QED) is 0.577. The molecule has 9 heteroatoms. The van der Waals surface area contributed by atoms with Crippen LogP contribution in [0.3, 0.4) is 0 Å². The van der Waals surface area contributed by atoms with Gasteiger partial charge in [0.1, 0.15) is 13.7 Å². The van der Waals surface area contributed by atoms with Gasteiger partial charge in [-0.15, -0.1) is 0 Å². The Balaban J connectivity index is 2.19. The van der Waals surface area contributed by atoms with E-state index in [-0.39, 0.29) is 23.6 Å². The average Bonchev–Trinajstić information content (AvgIpc) is 2.66. The van der Waals surface area contributed by atoms with Crippen molar-refractivity contribution in [3.63, 3.8) is 0 Å². The molecule has 2 N–H and O–H groups in total. The van der Waals surface area contributed by atoms with Crippen molar-refractivity contribution in [2.75, 3.05) is 7.11 Å². The molecule has 0 saturated heterocycles. The van der Waals surface area contributed by atoms with E-state index < -0.39 is 17.6 Å². The number of rotatable bonds is 7. The lowest BCUT2D eigenvalue weighted by molar-refractivity contribution is -0.137. The Morgan fingerprint density at radius 1 is 1.11 bits per heavy atom. The zero-order chi connectivity index (χ0) is 20.7. The van der Waals surface area contributed by atoms with E-state index in [1.807, 2.05) is 0 Å². The van der Waals surface area contributed by atoms with E-state index in [1.165, 1.54) is 26.2 Å². The molecule has 0 bridgehead atoms. The van der Waals surface area contributed by atoms with Gasteiger partial charge in [0.25, 0.3) is 5.91 Å². The lowest BCUT2D eigenvalue weighted by atomic mass is 10.0. The Hall–Kier alpha value is -3.36. The summed E-state index contributed by atoms with van der Waals surface area (Å²) >= 11 is 0. The molecule has 148 valence electrons. The maximum Gasteiger partial charge on any atom is 0.416 e. The summed E-state index contributed by atoms with van der Waals surface area (Å²) in [6.07, 6.45) is -4.44. The maximum absolute atomic E-state index is 12.8. The summed E-state index contributed by atoms with van der Waals surface area (Å²) in [5.41, 5.74) is 5.97. The average molecular weight is 393 g/mol. The Bertz CT molecular complexity index is 909. The SMILES string of the molecule is CO/N=C(/C(N)=O)c1ccccc1CO/N=C(/C)c1cccc(C(F)(F)F)c1. The van der Waals surface area contributed by atoms with Gasteiger partial charge in [-0.1, -0.05) is 46.7 Å².